The molecule has 8 heteroatoms. The molecular weight excluding hydrogens is 224 g/mol. The molecule has 1 atom stereocenters. The summed E-state index contributed by atoms with van der Waals surface area (Å²) in [5.74, 6) is 0.256. The van der Waals surface area contributed by atoms with Crippen molar-refractivity contribution in [3.8, 4) is 0 Å². The first kappa shape index (κ1) is 13.1. The predicted octanol–water partition coefficient (Wildman–Crippen LogP) is -1.03. The second kappa shape index (κ2) is 5.94. The number of aromatic nitrogens is 3. The van der Waals surface area contributed by atoms with E-state index in [9.17, 15) is 9.59 Å². The molecular formula is C9H16N6O2. The molecule has 0 saturated heterocycles. The van der Waals surface area contributed by atoms with Crippen molar-refractivity contribution < 1.29 is 9.59 Å². The molecule has 0 aliphatic rings. The van der Waals surface area contributed by atoms with Crippen molar-refractivity contribution in [1.29, 1.82) is 0 Å². The van der Waals surface area contributed by atoms with Crippen LogP contribution in [0.5, 0.6) is 0 Å². The largest absolute Gasteiger partial charge is 0.351 e. The highest BCUT2D eigenvalue weighted by Crippen LogP contribution is 1.95. The van der Waals surface area contributed by atoms with E-state index in [0.29, 0.717) is 6.54 Å². The number of carbonyl (C=O) groups excluding carboxylic acids is 2. The summed E-state index contributed by atoms with van der Waals surface area (Å²) in [5.41, 5.74) is 4.84. The molecule has 8 nitrogen and oxygen atoms in total. The topological polar surface area (TPSA) is 115 Å². The summed E-state index contributed by atoms with van der Waals surface area (Å²) in [7, 11) is 0. The van der Waals surface area contributed by atoms with Crippen molar-refractivity contribution in [1.82, 2.24) is 25.4 Å². The smallest absolute Gasteiger partial charge is 0.318 e. The number of hydrogen-bond acceptors (Lipinski definition) is 5. The van der Waals surface area contributed by atoms with Crippen LogP contribution in [0.3, 0.4) is 0 Å². The molecule has 0 aliphatic carbocycles. The van der Waals surface area contributed by atoms with Crippen LogP contribution in [0.25, 0.3) is 0 Å². The molecule has 17 heavy (non-hydrogen) atoms. The lowest BCUT2D eigenvalue weighted by atomic mass is 10.3. The van der Waals surface area contributed by atoms with Crippen LogP contribution in [-0.2, 0) is 17.9 Å². The van der Waals surface area contributed by atoms with E-state index in [1.54, 1.807) is 13.3 Å². The lowest BCUT2D eigenvalue weighted by molar-refractivity contribution is -0.121. The van der Waals surface area contributed by atoms with E-state index < -0.39 is 18.0 Å². The van der Waals surface area contributed by atoms with Gasteiger partial charge in [-0.2, -0.15) is 0 Å². The normalized spacial score (nSPS) is 12.1. The Hall–Kier alpha value is -1.96. The van der Waals surface area contributed by atoms with Gasteiger partial charge in [0.15, 0.2) is 0 Å². The number of rotatable bonds is 5. The Labute approximate surface area is 98.6 Å². The van der Waals surface area contributed by atoms with Gasteiger partial charge < -0.3 is 10.3 Å². The van der Waals surface area contributed by atoms with Gasteiger partial charge in [0.25, 0.3) is 0 Å². The van der Waals surface area contributed by atoms with Gasteiger partial charge in [-0.15, -0.1) is 10.2 Å². The fourth-order valence-electron chi connectivity index (χ4n) is 1.25. The fraction of sp³-hybridized carbons (Fsp3) is 0.556. The van der Waals surface area contributed by atoms with Crippen molar-refractivity contribution >= 4 is 11.9 Å². The first-order valence-electron chi connectivity index (χ1n) is 5.25. The van der Waals surface area contributed by atoms with E-state index in [1.807, 2.05) is 16.8 Å². The summed E-state index contributed by atoms with van der Waals surface area (Å²) in [6.07, 6.45) is 1.62. The molecule has 1 heterocycles. The van der Waals surface area contributed by atoms with E-state index in [2.05, 4.69) is 15.5 Å². The van der Waals surface area contributed by atoms with E-state index in [4.69, 9.17) is 5.73 Å². The van der Waals surface area contributed by atoms with E-state index in [-0.39, 0.29) is 0 Å². The highest BCUT2D eigenvalue weighted by Gasteiger charge is 2.14. The van der Waals surface area contributed by atoms with Crippen LogP contribution in [0.15, 0.2) is 6.33 Å². The van der Waals surface area contributed by atoms with Gasteiger partial charge in [-0.3, -0.25) is 15.4 Å². The Kier molecular flexibility index (Phi) is 4.58. The first-order chi connectivity index (χ1) is 8.04. The number of nitrogens with one attached hydrogen (secondary N) is 2. The second-order valence-electron chi connectivity index (χ2n) is 3.49. The third kappa shape index (κ3) is 3.83. The molecule has 1 aromatic heterocycles. The maximum Gasteiger partial charge on any atom is 0.318 e. The van der Waals surface area contributed by atoms with Crippen LogP contribution in [0.2, 0.25) is 0 Å². The number of carbonyl (C=O) groups is 2. The minimum atomic E-state index is -0.861. The Morgan fingerprint density at radius 3 is 2.88 bits per heavy atom. The highest BCUT2D eigenvalue weighted by atomic mass is 16.2. The first-order valence-corrected chi connectivity index (χ1v) is 5.25. The van der Waals surface area contributed by atoms with Gasteiger partial charge in [0.1, 0.15) is 12.2 Å². The van der Waals surface area contributed by atoms with E-state index in [1.165, 1.54) is 0 Å². The number of nitrogens with zero attached hydrogens (tertiary/aromatic N) is 3. The van der Waals surface area contributed by atoms with Crippen molar-refractivity contribution in [2.24, 2.45) is 5.73 Å². The zero-order valence-electron chi connectivity index (χ0n) is 9.80. The lowest BCUT2D eigenvalue weighted by Gasteiger charge is -2.12. The molecule has 3 amide bonds. The van der Waals surface area contributed by atoms with Gasteiger partial charge in [-0.1, -0.05) is 0 Å². The Morgan fingerprint density at radius 2 is 2.29 bits per heavy atom. The van der Waals surface area contributed by atoms with Crippen LogP contribution in [0.1, 0.15) is 19.7 Å². The van der Waals surface area contributed by atoms with Gasteiger partial charge in [-0.25, -0.2) is 4.79 Å². The van der Waals surface area contributed by atoms with Crippen molar-refractivity contribution in [3.05, 3.63) is 12.2 Å². The lowest BCUT2D eigenvalue weighted by Crippen LogP contribution is -2.46. The molecule has 0 spiro atoms. The number of nitrogens with two attached hydrogens (primary N) is 1. The molecule has 0 fully saturated rings. The van der Waals surface area contributed by atoms with E-state index in [0.717, 1.165) is 12.4 Å². The monoisotopic (exact) mass is 240 g/mol. The molecule has 1 aromatic rings. The summed E-state index contributed by atoms with van der Waals surface area (Å²) < 4.78 is 1.85. The van der Waals surface area contributed by atoms with Crippen molar-refractivity contribution in [3.63, 3.8) is 0 Å². The van der Waals surface area contributed by atoms with Gasteiger partial charge in [0.05, 0.1) is 12.6 Å². The van der Waals surface area contributed by atoms with Crippen LogP contribution in [0, 0.1) is 0 Å². The summed E-state index contributed by atoms with van der Waals surface area (Å²) in [5, 5.41) is 12.6. The third-order valence-corrected chi connectivity index (χ3v) is 2.24. The molecule has 0 saturated carbocycles. The van der Waals surface area contributed by atoms with Crippen LogP contribution in [-0.4, -0.2) is 32.7 Å². The Morgan fingerprint density at radius 1 is 1.59 bits per heavy atom. The molecule has 94 valence electrons. The van der Waals surface area contributed by atoms with Crippen LogP contribution < -0.4 is 16.4 Å². The fourth-order valence-corrected chi connectivity index (χ4v) is 1.25. The zero-order valence-corrected chi connectivity index (χ0v) is 9.80. The number of aryl methyl sites for hydroxylation is 1. The average Bonchev–Trinajstić information content (AvgIpc) is 2.72. The molecule has 0 bridgehead atoms. The Balaban J connectivity index is 2.45. The number of amides is 3. The summed E-state index contributed by atoms with van der Waals surface area (Å²) in [6, 6.07) is -1.40. The van der Waals surface area contributed by atoms with Gasteiger partial charge >= 0.3 is 6.03 Å². The molecule has 1 rings (SSSR count). The average molecular weight is 240 g/mol. The van der Waals surface area contributed by atoms with Crippen molar-refractivity contribution in [2.75, 3.05) is 0 Å². The van der Waals surface area contributed by atoms with E-state index >= 15 is 0 Å². The predicted molar refractivity (Wildman–Crippen MR) is 59.7 cm³/mol. The number of imide groups is 1. The van der Waals surface area contributed by atoms with Crippen molar-refractivity contribution in [2.45, 2.75) is 33.0 Å². The number of primary amides is 1. The summed E-state index contributed by atoms with van der Waals surface area (Å²) in [6.45, 7) is 4.74. The Bertz CT molecular complexity index is 402. The SMILES string of the molecule is CCn1cnnc1CNC(C)C(=O)NC(N)=O. The van der Waals surface area contributed by atoms with Crippen LogP contribution >= 0.6 is 0 Å². The zero-order chi connectivity index (χ0) is 12.8. The molecule has 4 N–H and O–H groups in total. The third-order valence-electron chi connectivity index (χ3n) is 2.24. The molecule has 0 aliphatic heterocycles. The highest BCUT2D eigenvalue weighted by molar-refractivity contribution is 5.96. The van der Waals surface area contributed by atoms with Crippen LogP contribution in [0.4, 0.5) is 4.79 Å². The van der Waals surface area contributed by atoms with Gasteiger partial charge in [0, 0.05) is 6.54 Å². The minimum absolute atomic E-state index is 0.390. The molecule has 1 unspecified atom stereocenters. The maximum atomic E-state index is 11.4. The summed E-state index contributed by atoms with van der Waals surface area (Å²) >= 11 is 0. The molecule has 0 aromatic carbocycles. The van der Waals surface area contributed by atoms with Gasteiger partial charge in [0.2, 0.25) is 5.91 Å². The summed E-state index contributed by atoms with van der Waals surface area (Å²) in [4.78, 5) is 21.8. The standard InChI is InChI=1S/C9H16N6O2/c1-3-15-5-12-14-7(15)4-11-6(2)8(16)13-9(10)17/h5-6,11H,3-4H2,1-2H3,(H3,10,13,16,17). The second-order valence-corrected chi connectivity index (χ2v) is 3.49. The molecule has 0 radical (unpaired) electrons. The minimum Gasteiger partial charge on any atom is -0.351 e. The van der Waals surface area contributed by atoms with Gasteiger partial charge in [-0.05, 0) is 13.8 Å². The quantitative estimate of drug-likeness (QED) is 0.608. The number of hydrogen-bond donors (Lipinski definition) is 3. The number of urea groups is 1. The maximum absolute atomic E-state index is 11.4.